The Morgan fingerprint density at radius 2 is 1.79 bits per heavy atom. The summed E-state index contributed by atoms with van der Waals surface area (Å²) in [5, 5.41) is 2.86. The molecule has 1 amide bonds. The minimum absolute atomic E-state index is 0.0109. The van der Waals surface area contributed by atoms with Crippen molar-refractivity contribution in [2.45, 2.75) is 13.3 Å². The molecule has 1 N–H and O–H groups in total. The zero-order chi connectivity index (χ0) is 17.6. The summed E-state index contributed by atoms with van der Waals surface area (Å²) >= 11 is 0. The normalized spacial score (nSPS) is 11.1. The van der Waals surface area contributed by atoms with Crippen molar-refractivity contribution < 1.29 is 13.2 Å². The summed E-state index contributed by atoms with van der Waals surface area (Å²) in [4.78, 5) is 12.2. The van der Waals surface area contributed by atoms with Gasteiger partial charge in [-0.2, -0.15) is 0 Å². The number of amides is 1. The highest BCUT2D eigenvalue weighted by Crippen LogP contribution is 2.18. The van der Waals surface area contributed by atoms with E-state index in [1.165, 1.54) is 11.4 Å². The third kappa shape index (κ3) is 4.58. The third-order valence-electron chi connectivity index (χ3n) is 3.80. The van der Waals surface area contributed by atoms with E-state index in [0.717, 1.165) is 12.0 Å². The maximum absolute atomic E-state index is 12.2. The van der Waals surface area contributed by atoms with Crippen LogP contribution in [0, 0.1) is 0 Å². The maximum Gasteiger partial charge on any atom is 0.251 e. The molecule has 128 valence electrons. The lowest BCUT2D eigenvalue weighted by Crippen LogP contribution is -2.29. The molecule has 0 aliphatic heterocycles. The molecule has 6 heteroatoms. The second-order valence-electron chi connectivity index (χ2n) is 5.41. The predicted molar refractivity (Wildman–Crippen MR) is 96.8 cm³/mol. The van der Waals surface area contributed by atoms with Crippen LogP contribution in [0.25, 0.3) is 0 Å². The highest BCUT2D eigenvalue weighted by Gasteiger charge is 2.17. The molecule has 0 bridgehead atoms. The second-order valence-corrected chi connectivity index (χ2v) is 7.70. The Kier molecular flexibility index (Phi) is 5.98. The Hall–Kier alpha value is -2.34. The Morgan fingerprint density at radius 1 is 1.08 bits per heavy atom. The van der Waals surface area contributed by atoms with Crippen LogP contribution >= 0.6 is 0 Å². The van der Waals surface area contributed by atoms with Crippen molar-refractivity contribution in [3.05, 3.63) is 65.7 Å². The summed E-state index contributed by atoms with van der Waals surface area (Å²) < 4.78 is 25.1. The van der Waals surface area contributed by atoms with Crippen LogP contribution < -0.4 is 9.62 Å². The first-order valence-corrected chi connectivity index (χ1v) is 9.43. The molecular weight excluding hydrogens is 324 g/mol. The van der Waals surface area contributed by atoms with Gasteiger partial charge in [-0.25, -0.2) is 8.42 Å². The summed E-state index contributed by atoms with van der Waals surface area (Å²) in [6, 6.07) is 16.5. The fourth-order valence-electron chi connectivity index (χ4n) is 2.26. The highest BCUT2D eigenvalue weighted by atomic mass is 32.2. The maximum atomic E-state index is 12.2. The number of nitrogens with one attached hydrogen (secondary N) is 1. The molecule has 0 radical (unpaired) electrons. The molecule has 5 nitrogen and oxygen atoms in total. The van der Waals surface area contributed by atoms with Gasteiger partial charge < -0.3 is 5.32 Å². The number of hydrogen-bond acceptors (Lipinski definition) is 3. The standard InChI is InChI=1S/C18H22N2O3S/c1-3-24(22,23)20(2)17-11-7-10-16(14-17)18(21)19-13-12-15-8-5-4-6-9-15/h4-11,14H,3,12-13H2,1-2H3,(H,19,21). The van der Waals surface area contributed by atoms with E-state index in [2.05, 4.69) is 5.32 Å². The topological polar surface area (TPSA) is 66.5 Å². The molecule has 0 unspecified atom stereocenters. The van der Waals surface area contributed by atoms with Crippen LogP contribution in [0.4, 0.5) is 5.69 Å². The molecule has 0 aromatic heterocycles. The first kappa shape index (κ1) is 18.0. The average molecular weight is 346 g/mol. The van der Waals surface area contributed by atoms with Gasteiger partial charge in [-0.05, 0) is 37.1 Å². The number of nitrogens with zero attached hydrogens (tertiary/aromatic N) is 1. The van der Waals surface area contributed by atoms with Crippen molar-refractivity contribution in [2.24, 2.45) is 0 Å². The van der Waals surface area contributed by atoms with Crippen molar-refractivity contribution in [3.63, 3.8) is 0 Å². The average Bonchev–Trinajstić information content (AvgIpc) is 2.62. The molecule has 0 heterocycles. The number of benzene rings is 2. The number of carbonyl (C=O) groups excluding carboxylic acids is 1. The van der Waals surface area contributed by atoms with E-state index in [9.17, 15) is 13.2 Å². The Labute approximate surface area is 143 Å². The first-order valence-electron chi connectivity index (χ1n) is 7.83. The first-order chi connectivity index (χ1) is 11.4. The van der Waals surface area contributed by atoms with Gasteiger partial charge in [0, 0.05) is 19.2 Å². The number of hydrogen-bond donors (Lipinski definition) is 1. The van der Waals surface area contributed by atoms with E-state index in [1.54, 1.807) is 31.2 Å². The minimum atomic E-state index is -3.35. The molecule has 0 aliphatic carbocycles. The largest absolute Gasteiger partial charge is 0.352 e. The van der Waals surface area contributed by atoms with Crippen LogP contribution in [-0.2, 0) is 16.4 Å². The van der Waals surface area contributed by atoms with Crippen LogP contribution in [0.3, 0.4) is 0 Å². The molecule has 2 rings (SSSR count). The van der Waals surface area contributed by atoms with Crippen molar-refractivity contribution in [1.82, 2.24) is 5.32 Å². The van der Waals surface area contributed by atoms with Gasteiger partial charge in [0.25, 0.3) is 5.91 Å². The number of rotatable bonds is 7. The molecule has 0 saturated heterocycles. The Bertz CT molecular complexity index is 789. The number of carbonyl (C=O) groups is 1. The lowest BCUT2D eigenvalue weighted by Gasteiger charge is -2.19. The van der Waals surface area contributed by atoms with Crippen molar-refractivity contribution >= 4 is 21.6 Å². The van der Waals surface area contributed by atoms with Crippen LogP contribution in [0.15, 0.2) is 54.6 Å². The smallest absolute Gasteiger partial charge is 0.251 e. The molecule has 0 spiro atoms. The van der Waals surface area contributed by atoms with Crippen molar-refractivity contribution in [3.8, 4) is 0 Å². The van der Waals surface area contributed by atoms with Gasteiger partial charge in [0.05, 0.1) is 11.4 Å². The van der Waals surface area contributed by atoms with Crippen LogP contribution in [0.2, 0.25) is 0 Å². The van der Waals surface area contributed by atoms with Gasteiger partial charge in [0.15, 0.2) is 0 Å². The van der Waals surface area contributed by atoms with E-state index < -0.39 is 10.0 Å². The van der Waals surface area contributed by atoms with E-state index in [0.29, 0.717) is 17.8 Å². The Balaban J connectivity index is 2.01. The van der Waals surface area contributed by atoms with Gasteiger partial charge in [-0.1, -0.05) is 36.4 Å². The molecule has 0 atom stereocenters. The molecule has 24 heavy (non-hydrogen) atoms. The minimum Gasteiger partial charge on any atom is -0.352 e. The molecule has 2 aromatic carbocycles. The summed E-state index contributed by atoms with van der Waals surface area (Å²) in [5.41, 5.74) is 2.08. The highest BCUT2D eigenvalue weighted by molar-refractivity contribution is 7.92. The van der Waals surface area contributed by atoms with E-state index in [-0.39, 0.29) is 11.7 Å². The lowest BCUT2D eigenvalue weighted by atomic mass is 10.1. The Morgan fingerprint density at radius 3 is 2.46 bits per heavy atom. The van der Waals surface area contributed by atoms with E-state index in [1.807, 2.05) is 30.3 Å². The second kappa shape index (κ2) is 7.97. The summed E-state index contributed by atoms with van der Waals surface area (Å²) in [7, 11) is -1.85. The number of sulfonamides is 1. The van der Waals surface area contributed by atoms with Crippen molar-refractivity contribution in [1.29, 1.82) is 0 Å². The lowest BCUT2D eigenvalue weighted by molar-refractivity contribution is 0.0954. The number of anilines is 1. The summed E-state index contributed by atoms with van der Waals surface area (Å²) in [6.45, 7) is 2.11. The molecule has 0 fully saturated rings. The summed E-state index contributed by atoms with van der Waals surface area (Å²) in [5.74, 6) is -0.202. The molecule has 0 aliphatic rings. The fourth-order valence-corrected chi connectivity index (χ4v) is 3.09. The summed E-state index contributed by atoms with van der Waals surface area (Å²) in [6.07, 6.45) is 0.746. The SMILES string of the molecule is CCS(=O)(=O)N(C)c1cccc(C(=O)NCCc2ccccc2)c1. The van der Waals surface area contributed by atoms with E-state index >= 15 is 0 Å². The van der Waals surface area contributed by atoms with Crippen LogP contribution in [0.1, 0.15) is 22.8 Å². The fraction of sp³-hybridized carbons (Fsp3) is 0.278. The van der Waals surface area contributed by atoms with Crippen LogP contribution in [0.5, 0.6) is 0 Å². The van der Waals surface area contributed by atoms with Crippen molar-refractivity contribution in [2.75, 3.05) is 23.7 Å². The predicted octanol–water partition coefficient (Wildman–Crippen LogP) is 2.45. The molecular formula is C18H22N2O3S. The van der Waals surface area contributed by atoms with Gasteiger partial charge in [0.1, 0.15) is 0 Å². The quantitative estimate of drug-likeness (QED) is 0.837. The van der Waals surface area contributed by atoms with Gasteiger partial charge in [0.2, 0.25) is 10.0 Å². The zero-order valence-corrected chi connectivity index (χ0v) is 14.7. The molecule has 0 saturated carbocycles. The van der Waals surface area contributed by atoms with Crippen LogP contribution in [-0.4, -0.2) is 33.7 Å². The molecule has 2 aromatic rings. The van der Waals surface area contributed by atoms with Gasteiger partial charge >= 0.3 is 0 Å². The van der Waals surface area contributed by atoms with E-state index in [4.69, 9.17) is 0 Å². The van der Waals surface area contributed by atoms with Gasteiger partial charge in [-0.15, -0.1) is 0 Å². The third-order valence-corrected chi connectivity index (χ3v) is 5.57. The monoisotopic (exact) mass is 346 g/mol. The van der Waals surface area contributed by atoms with Gasteiger partial charge in [-0.3, -0.25) is 9.10 Å². The zero-order valence-electron chi connectivity index (χ0n) is 13.9.